The van der Waals surface area contributed by atoms with Crippen LogP contribution in [0.15, 0.2) is 36.7 Å². The summed E-state index contributed by atoms with van der Waals surface area (Å²) >= 11 is 1.29. The number of hydrogen-bond acceptors (Lipinski definition) is 4. The molecule has 3 rings (SSSR count). The van der Waals surface area contributed by atoms with Crippen LogP contribution in [0.25, 0.3) is 10.1 Å². The Balaban J connectivity index is 1.95. The van der Waals surface area contributed by atoms with Crippen molar-refractivity contribution < 1.29 is 9.18 Å². The van der Waals surface area contributed by atoms with Crippen LogP contribution in [0.4, 0.5) is 15.8 Å². The molecule has 106 valence electrons. The lowest BCUT2D eigenvalue weighted by Crippen LogP contribution is -2.12. The van der Waals surface area contributed by atoms with Crippen LogP contribution in [0.5, 0.6) is 0 Å². The van der Waals surface area contributed by atoms with Crippen LogP contribution < -0.4 is 11.1 Å². The molecule has 4 nitrogen and oxygen atoms in total. The predicted molar refractivity (Wildman–Crippen MR) is 83.1 cm³/mol. The molecular formula is C15H12FN3OS. The second kappa shape index (κ2) is 5.14. The van der Waals surface area contributed by atoms with Crippen LogP contribution in [-0.2, 0) is 0 Å². The molecule has 0 atom stereocenters. The Labute approximate surface area is 124 Å². The highest BCUT2D eigenvalue weighted by molar-refractivity contribution is 7.21. The van der Waals surface area contributed by atoms with E-state index >= 15 is 0 Å². The number of anilines is 2. The number of thiophene rings is 1. The number of aromatic nitrogens is 1. The predicted octanol–water partition coefficient (Wildman–Crippen LogP) is 3.58. The van der Waals surface area contributed by atoms with Gasteiger partial charge in [0.2, 0.25) is 0 Å². The number of pyridine rings is 1. The molecular weight excluding hydrogens is 289 g/mol. The number of nitrogens with one attached hydrogen (secondary N) is 1. The van der Waals surface area contributed by atoms with Crippen LogP contribution in [0.3, 0.4) is 0 Å². The molecule has 21 heavy (non-hydrogen) atoms. The number of amides is 1. The van der Waals surface area contributed by atoms with Crippen molar-refractivity contribution in [2.75, 3.05) is 11.1 Å². The Bertz CT molecular complexity index is 844. The molecule has 1 aromatic carbocycles. The van der Waals surface area contributed by atoms with Crippen molar-refractivity contribution in [3.63, 3.8) is 0 Å². The third-order valence-electron chi connectivity index (χ3n) is 3.17. The fourth-order valence-electron chi connectivity index (χ4n) is 2.09. The number of nitrogens with two attached hydrogens (primary N) is 1. The molecule has 0 bridgehead atoms. The van der Waals surface area contributed by atoms with E-state index in [9.17, 15) is 9.18 Å². The number of hydrogen-bond donors (Lipinski definition) is 2. The molecule has 0 spiro atoms. The quantitative estimate of drug-likeness (QED) is 0.760. The standard InChI is InChI=1S/C15H12FN3OS/c1-8-6-9(16)2-3-11(8)19-15(20)14-13(17)10-4-5-18-7-12(10)21-14/h2-7H,17H2,1H3,(H,19,20). The Morgan fingerprint density at radius 1 is 1.38 bits per heavy atom. The summed E-state index contributed by atoms with van der Waals surface area (Å²) in [7, 11) is 0. The SMILES string of the molecule is Cc1cc(F)ccc1NC(=O)c1sc2cnccc2c1N. The van der Waals surface area contributed by atoms with Gasteiger partial charge in [-0.05, 0) is 36.8 Å². The smallest absolute Gasteiger partial charge is 0.267 e. The van der Waals surface area contributed by atoms with Gasteiger partial charge in [0, 0.05) is 23.5 Å². The number of fused-ring (bicyclic) bond motifs is 1. The number of benzene rings is 1. The van der Waals surface area contributed by atoms with Crippen molar-refractivity contribution in [2.24, 2.45) is 0 Å². The van der Waals surface area contributed by atoms with E-state index in [4.69, 9.17) is 5.73 Å². The van der Waals surface area contributed by atoms with Crippen LogP contribution in [0.1, 0.15) is 15.2 Å². The van der Waals surface area contributed by atoms with Crippen molar-refractivity contribution in [3.05, 3.63) is 52.9 Å². The number of nitrogen functional groups attached to an aromatic ring is 1. The van der Waals surface area contributed by atoms with Crippen LogP contribution in [-0.4, -0.2) is 10.9 Å². The van der Waals surface area contributed by atoms with Crippen molar-refractivity contribution in [1.82, 2.24) is 4.98 Å². The zero-order chi connectivity index (χ0) is 15.0. The highest BCUT2D eigenvalue weighted by atomic mass is 32.1. The number of carbonyl (C=O) groups excluding carboxylic acids is 1. The Morgan fingerprint density at radius 3 is 2.90 bits per heavy atom. The summed E-state index contributed by atoms with van der Waals surface area (Å²) in [5.41, 5.74) is 7.68. The van der Waals surface area contributed by atoms with Gasteiger partial charge < -0.3 is 11.1 Å². The molecule has 0 saturated carbocycles. The average Bonchev–Trinajstić information content (AvgIpc) is 2.80. The lowest BCUT2D eigenvalue weighted by atomic mass is 10.2. The van der Waals surface area contributed by atoms with Gasteiger partial charge in [-0.25, -0.2) is 4.39 Å². The monoisotopic (exact) mass is 301 g/mol. The summed E-state index contributed by atoms with van der Waals surface area (Å²) in [6, 6.07) is 5.99. The van der Waals surface area contributed by atoms with Crippen LogP contribution in [0.2, 0.25) is 0 Å². The highest BCUT2D eigenvalue weighted by Gasteiger charge is 2.17. The first-order valence-corrected chi connectivity index (χ1v) is 7.07. The summed E-state index contributed by atoms with van der Waals surface area (Å²) < 4.78 is 13.9. The van der Waals surface area contributed by atoms with Gasteiger partial charge in [-0.1, -0.05) is 0 Å². The number of nitrogens with zero attached hydrogens (tertiary/aromatic N) is 1. The normalized spacial score (nSPS) is 10.8. The molecule has 0 aliphatic carbocycles. The summed E-state index contributed by atoms with van der Waals surface area (Å²) in [6.45, 7) is 1.73. The summed E-state index contributed by atoms with van der Waals surface area (Å²) in [5, 5.41) is 3.58. The highest BCUT2D eigenvalue weighted by Crippen LogP contribution is 2.33. The molecule has 6 heteroatoms. The molecule has 0 aliphatic rings. The second-order valence-corrected chi connectivity index (χ2v) is 5.68. The lowest BCUT2D eigenvalue weighted by molar-refractivity contribution is 0.103. The zero-order valence-corrected chi connectivity index (χ0v) is 12.0. The third kappa shape index (κ3) is 2.45. The fourth-order valence-corrected chi connectivity index (χ4v) is 3.07. The Kier molecular flexibility index (Phi) is 3.31. The van der Waals surface area contributed by atoms with Crippen LogP contribution >= 0.6 is 11.3 Å². The third-order valence-corrected chi connectivity index (χ3v) is 4.33. The van der Waals surface area contributed by atoms with Gasteiger partial charge in [0.15, 0.2) is 0 Å². The van der Waals surface area contributed by atoms with Gasteiger partial charge in [0.25, 0.3) is 5.91 Å². The van der Waals surface area contributed by atoms with Crippen molar-refractivity contribution in [2.45, 2.75) is 6.92 Å². The maximum absolute atomic E-state index is 13.1. The fraction of sp³-hybridized carbons (Fsp3) is 0.0667. The zero-order valence-electron chi connectivity index (χ0n) is 11.2. The number of halogens is 1. The topological polar surface area (TPSA) is 68.0 Å². The maximum atomic E-state index is 13.1. The van der Waals surface area contributed by atoms with Crippen LogP contribution in [0, 0.1) is 12.7 Å². The van der Waals surface area contributed by atoms with E-state index in [1.54, 1.807) is 25.4 Å². The molecule has 1 amide bonds. The minimum atomic E-state index is -0.335. The Morgan fingerprint density at radius 2 is 2.19 bits per heavy atom. The average molecular weight is 301 g/mol. The van der Waals surface area contributed by atoms with Crippen molar-refractivity contribution in [1.29, 1.82) is 0 Å². The largest absolute Gasteiger partial charge is 0.397 e. The minimum absolute atomic E-state index is 0.302. The van der Waals surface area contributed by atoms with E-state index in [1.807, 2.05) is 0 Å². The first kappa shape index (κ1) is 13.5. The lowest BCUT2D eigenvalue weighted by Gasteiger charge is -2.07. The van der Waals surface area contributed by atoms with E-state index < -0.39 is 0 Å². The first-order chi connectivity index (χ1) is 10.1. The van der Waals surface area contributed by atoms with Gasteiger partial charge in [-0.3, -0.25) is 9.78 Å². The molecule has 3 aromatic rings. The van der Waals surface area contributed by atoms with Gasteiger partial charge in [0.05, 0.1) is 10.4 Å². The summed E-state index contributed by atoms with van der Waals surface area (Å²) in [4.78, 5) is 16.8. The van der Waals surface area contributed by atoms with E-state index in [0.29, 0.717) is 21.8 Å². The van der Waals surface area contributed by atoms with E-state index in [-0.39, 0.29) is 11.7 Å². The first-order valence-electron chi connectivity index (χ1n) is 6.26. The van der Waals surface area contributed by atoms with E-state index in [0.717, 1.165) is 10.1 Å². The van der Waals surface area contributed by atoms with Gasteiger partial charge in [-0.15, -0.1) is 11.3 Å². The molecule has 0 fully saturated rings. The summed E-state index contributed by atoms with van der Waals surface area (Å²) in [6.07, 6.45) is 3.31. The van der Waals surface area contributed by atoms with E-state index in [2.05, 4.69) is 10.3 Å². The molecule has 0 unspecified atom stereocenters. The van der Waals surface area contributed by atoms with E-state index in [1.165, 1.54) is 29.5 Å². The molecule has 2 aromatic heterocycles. The van der Waals surface area contributed by atoms with Gasteiger partial charge >= 0.3 is 0 Å². The maximum Gasteiger partial charge on any atom is 0.267 e. The number of aryl methyl sites for hydroxylation is 1. The number of rotatable bonds is 2. The molecule has 2 heterocycles. The Hall–Kier alpha value is -2.47. The summed E-state index contributed by atoms with van der Waals surface area (Å²) in [5.74, 6) is -0.638. The molecule has 0 saturated heterocycles. The van der Waals surface area contributed by atoms with Gasteiger partial charge in [-0.2, -0.15) is 0 Å². The molecule has 0 radical (unpaired) electrons. The molecule has 0 aliphatic heterocycles. The second-order valence-electron chi connectivity index (χ2n) is 4.63. The van der Waals surface area contributed by atoms with Gasteiger partial charge in [0.1, 0.15) is 10.7 Å². The minimum Gasteiger partial charge on any atom is -0.397 e. The molecule has 3 N–H and O–H groups in total. The van der Waals surface area contributed by atoms with Crippen molar-refractivity contribution >= 4 is 38.7 Å². The number of carbonyl (C=O) groups is 1. The van der Waals surface area contributed by atoms with Crippen molar-refractivity contribution in [3.8, 4) is 0 Å².